The highest BCUT2D eigenvalue weighted by Gasteiger charge is 2.17. The lowest BCUT2D eigenvalue weighted by atomic mass is 10.1. The molecule has 1 amide bonds. The summed E-state index contributed by atoms with van der Waals surface area (Å²) in [7, 11) is 0. The molecule has 1 aliphatic heterocycles. The van der Waals surface area contributed by atoms with Crippen LogP contribution in [-0.2, 0) is 9.53 Å². The van der Waals surface area contributed by atoms with Crippen molar-refractivity contribution >= 4 is 5.91 Å². The summed E-state index contributed by atoms with van der Waals surface area (Å²) in [6.45, 7) is 2.65. The summed E-state index contributed by atoms with van der Waals surface area (Å²) in [6, 6.07) is 3.96. The van der Waals surface area contributed by atoms with Crippen LogP contribution in [0.3, 0.4) is 0 Å². The van der Waals surface area contributed by atoms with Crippen molar-refractivity contribution in [2.45, 2.75) is 31.9 Å². The minimum Gasteiger partial charge on any atom is -0.483 e. The number of aliphatic hydroxyl groups excluding tert-OH is 1. The number of halogens is 1. The maximum atomic E-state index is 13.2. The first-order valence-electron chi connectivity index (χ1n) is 7.03. The van der Waals surface area contributed by atoms with E-state index in [4.69, 9.17) is 9.47 Å². The lowest BCUT2D eigenvalue weighted by molar-refractivity contribution is -0.124. The number of hydrogen-bond acceptors (Lipinski definition) is 4. The van der Waals surface area contributed by atoms with Gasteiger partial charge in [-0.2, -0.15) is 0 Å². The average molecular weight is 297 g/mol. The molecule has 1 aromatic rings. The molecule has 116 valence electrons. The maximum Gasteiger partial charge on any atom is 0.258 e. The molecular weight excluding hydrogens is 277 g/mol. The van der Waals surface area contributed by atoms with E-state index in [0.717, 1.165) is 12.8 Å². The lowest BCUT2D eigenvalue weighted by Crippen LogP contribution is -2.41. The zero-order chi connectivity index (χ0) is 15.2. The van der Waals surface area contributed by atoms with Crippen LogP contribution in [0.15, 0.2) is 18.2 Å². The molecule has 1 aliphatic rings. The predicted molar refractivity (Wildman–Crippen MR) is 74.5 cm³/mol. The maximum absolute atomic E-state index is 13.2. The van der Waals surface area contributed by atoms with Crippen molar-refractivity contribution in [2.75, 3.05) is 19.8 Å². The quantitative estimate of drug-likeness (QED) is 0.865. The van der Waals surface area contributed by atoms with Gasteiger partial charge in [0.2, 0.25) is 0 Å². The molecule has 0 radical (unpaired) electrons. The minimum absolute atomic E-state index is 0.110. The summed E-state index contributed by atoms with van der Waals surface area (Å²) >= 11 is 0. The molecule has 0 bridgehead atoms. The molecule has 0 aromatic heterocycles. The van der Waals surface area contributed by atoms with Crippen LogP contribution in [-0.4, -0.2) is 36.9 Å². The van der Waals surface area contributed by atoms with Gasteiger partial charge in [-0.15, -0.1) is 0 Å². The van der Waals surface area contributed by atoms with E-state index in [2.05, 4.69) is 5.32 Å². The summed E-state index contributed by atoms with van der Waals surface area (Å²) in [5.74, 6) is -0.374. The summed E-state index contributed by atoms with van der Waals surface area (Å²) in [6.07, 6.45) is 0.719. The minimum atomic E-state index is -0.866. The Hall–Kier alpha value is -1.66. The van der Waals surface area contributed by atoms with Gasteiger partial charge in [0.15, 0.2) is 6.61 Å². The van der Waals surface area contributed by atoms with Gasteiger partial charge >= 0.3 is 0 Å². The van der Waals surface area contributed by atoms with Crippen LogP contribution < -0.4 is 10.1 Å². The molecule has 6 heteroatoms. The van der Waals surface area contributed by atoms with Crippen LogP contribution in [0.25, 0.3) is 0 Å². The van der Waals surface area contributed by atoms with Crippen LogP contribution in [0, 0.1) is 5.82 Å². The van der Waals surface area contributed by atoms with Crippen molar-refractivity contribution in [3.63, 3.8) is 0 Å². The predicted octanol–water partition coefficient (Wildman–Crippen LogP) is 1.55. The van der Waals surface area contributed by atoms with E-state index in [-0.39, 0.29) is 18.6 Å². The summed E-state index contributed by atoms with van der Waals surface area (Å²) in [5, 5.41) is 12.5. The molecule has 0 unspecified atom stereocenters. The zero-order valence-electron chi connectivity index (χ0n) is 12.0. The third-order valence-corrected chi connectivity index (χ3v) is 3.37. The van der Waals surface area contributed by atoms with Gasteiger partial charge in [0.25, 0.3) is 5.91 Å². The normalized spacial score (nSPS) is 17.3. The smallest absolute Gasteiger partial charge is 0.258 e. The fraction of sp³-hybridized carbons (Fsp3) is 0.533. The number of carbonyl (C=O) groups excluding carboxylic acids is 1. The van der Waals surface area contributed by atoms with Crippen LogP contribution >= 0.6 is 0 Å². The largest absolute Gasteiger partial charge is 0.483 e. The topological polar surface area (TPSA) is 67.8 Å². The Morgan fingerprint density at radius 1 is 1.52 bits per heavy atom. The Labute approximate surface area is 123 Å². The lowest BCUT2D eigenvalue weighted by Gasteiger charge is -2.23. The van der Waals surface area contributed by atoms with Gasteiger partial charge < -0.3 is 19.9 Å². The van der Waals surface area contributed by atoms with Gasteiger partial charge in [-0.1, -0.05) is 0 Å². The molecule has 1 saturated heterocycles. The van der Waals surface area contributed by atoms with Crippen molar-refractivity contribution in [1.29, 1.82) is 0 Å². The Kier molecular flexibility index (Phi) is 5.52. The van der Waals surface area contributed by atoms with Gasteiger partial charge in [-0.3, -0.25) is 4.79 Å². The molecule has 0 saturated carbocycles. The van der Waals surface area contributed by atoms with E-state index in [1.807, 2.05) is 0 Å². The first-order valence-corrected chi connectivity index (χ1v) is 7.03. The van der Waals surface area contributed by atoms with Gasteiger partial charge in [0.05, 0.1) is 6.10 Å². The first kappa shape index (κ1) is 15.7. The van der Waals surface area contributed by atoms with E-state index in [0.29, 0.717) is 24.5 Å². The highest BCUT2D eigenvalue weighted by atomic mass is 19.1. The van der Waals surface area contributed by atoms with Crippen LogP contribution in [0.1, 0.15) is 31.4 Å². The molecule has 0 aliphatic carbocycles. The number of aliphatic hydroxyl groups is 1. The fourth-order valence-electron chi connectivity index (χ4n) is 2.23. The number of benzene rings is 1. The second-order valence-electron chi connectivity index (χ2n) is 5.10. The molecule has 21 heavy (non-hydrogen) atoms. The third kappa shape index (κ3) is 4.68. The van der Waals surface area contributed by atoms with Crippen LogP contribution in [0.2, 0.25) is 0 Å². The third-order valence-electron chi connectivity index (χ3n) is 3.37. The first-order chi connectivity index (χ1) is 10.1. The number of carbonyl (C=O) groups is 1. The van der Waals surface area contributed by atoms with Crippen molar-refractivity contribution in [3.8, 4) is 5.75 Å². The molecule has 0 spiro atoms. The Morgan fingerprint density at radius 3 is 2.90 bits per heavy atom. The van der Waals surface area contributed by atoms with E-state index in [1.165, 1.54) is 25.1 Å². The van der Waals surface area contributed by atoms with Crippen molar-refractivity contribution < 1.29 is 23.8 Å². The summed E-state index contributed by atoms with van der Waals surface area (Å²) in [4.78, 5) is 11.8. The Bertz CT molecular complexity index is 487. The highest BCUT2D eigenvalue weighted by Crippen LogP contribution is 2.25. The van der Waals surface area contributed by atoms with Gasteiger partial charge in [0, 0.05) is 24.8 Å². The van der Waals surface area contributed by atoms with E-state index >= 15 is 0 Å². The van der Waals surface area contributed by atoms with Crippen molar-refractivity contribution in [2.24, 2.45) is 0 Å². The van der Waals surface area contributed by atoms with Crippen molar-refractivity contribution in [3.05, 3.63) is 29.6 Å². The number of ether oxygens (including phenoxy) is 2. The number of rotatable bonds is 5. The number of hydrogen-bond donors (Lipinski definition) is 2. The second-order valence-corrected chi connectivity index (χ2v) is 5.10. The Morgan fingerprint density at radius 2 is 2.24 bits per heavy atom. The van der Waals surface area contributed by atoms with Crippen molar-refractivity contribution in [1.82, 2.24) is 5.32 Å². The highest BCUT2D eigenvalue weighted by molar-refractivity contribution is 5.77. The Balaban J connectivity index is 1.88. The van der Waals surface area contributed by atoms with Crippen LogP contribution in [0.4, 0.5) is 4.39 Å². The molecule has 1 heterocycles. The summed E-state index contributed by atoms with van der Waals surface area (Å²) in [5.41, 5.74) is 0.328. The van der Waals surface area contributed by atoms with Gasteiger partial charge in [-0.05, 0) is 38.0 Å². The molecule has 5 nitrogen and oxygen atoms in total. The van der Waals surface area contributed by atoms with Gasteiger partial charge in [0.1, 0.15) is 11.6 Å². The van der Waals surface area contributed by atoms with E-state index < -0.39 is 11.9 Å². The SMILES string of the molecule is C[C@H](O)c1cc(F)ccc1OCC(=O)NC1CCOCC1. The molecule has 1 fully saturated rings. The average Bonchev–Trinajstić information content (AvgIpc) is 2.47. The zero-order valence-corrected chi connectivity index (χ0v) is 12.0. The fourth-order valence-corrected chi connectivity index (χ4v) is 2.23. The number of amides is 1. The van der Waals surface area contributed by atoms with E-state index in [9.17, 15) is 14.3 Å². The molecule has 2 rings (SSSR count). The van der Waals surface area contributed by atoms with Crippen LogP contribution in [0.5, 0.6) is 5.75 Å². The summed E-state index contributed by atoms with van der Waals surface area (Å²) < 4.78 is 23.8. The molecular formula is C15H20FNO4. The molecule has 1 atom stereocenters. The van der Waals surface area contributed by atoms with E-state index in [1.54, 1.807) is 0 Å². The molecule has 1 aromatic carbocycles. The number of nitrogens with one attached hydrogen (secondary N) is 1. The molecule has 2 N–H and O–H groups in total. The standard InChI is InChI=1S/C15H20FNO4/c1-10(18)13-8-11(16)2-3-14(13)21-9-15(19)17-12-4-6-20-7-5-12/h2-3,8,10,12,18H,4-7,9H2,1H3,(H,17,19)/t10-/m0/s1. The monoisotopic (exact) mass is 297 g/mol. The van der Waals surface area contributed by atoms with Gasteiger partial charge in [-0.25, -0.2) is 4.39 Å². The second kappa shape index (κ2) is 7.38.